The molecule has 0 aliphatic rings. The van der Waals surface area contributed by atoms with Crippen LogP contribution >= 0.6 is 0 Å². The van der Waals surface area contributed by atoms with Crippen LogP contribution in [0.1, 0.15) is 24.2 Å². The summed E-state index contributed by atoms with van der Waals surface area (Å²) in [6.07, 6.45) is -4.48. The number of amides is 1. The van der Waals surface area contributed by atoms with E-state index in [0.717, 1.165) is 6.07 Å². The maximum absolute atomic E-state index is 12.5. The number of phenolic OH excluding ortho intramolecular Hbond substituents is 1. The maximum Gasteiger partial charge on any atom is 0.406 e. The first-order chi connectivity index (χ1) is 9.15. The molecular weight excluding hydrogens is 275 g/mol. The molecule has 0 fully saturated rings. The first kappa shape index (κ1) is 16.1. The van der Waals surface area contributed by atoms with Crippen molar-refractivity contribution in [1.29, 1.82) is 0 Å². The summed E-state index contributed by atoms with van der Waals surface area (Å²) < 4.78 is 42.2. The maximum atomic E-state index is 12.5. The summed E-state index contributed by atoms with van der Waals surface area (Å²) in [5, 5.41) is 9.58. The molecule has 0 aromatic heterocycles. The Labute approximate surface area is 114 Å². The largest absolute Gasteiger partial charge is 0.504 e. The molecule has 1 N–H and O–H groups in total. The molecule has 0 atom stereocenters. The summed E-state index contributed by atoms with van der Waals surface area (Å²) in [5.74, 6) is -0.946. The molecule has 0 unspecified atom stereocenters. The second kappa shape index (κ2) is 6.02. The van der Waals surface area contributed by atoms with Gasteiger partial charge in [0.1, 0.15) is 6.54 Å². The fourth-order valence-electron chi connectivity index (χ4n) is 1.67. The number of halogens is 3. The van der Waals surface area contributed by atoms with Gasteiger partial charge < -0.3 is 14.7 Å². The number of rotatable bonds is 4. The van der Waals surface area contributed by atoms with Crippen molar-refractivity contribution in [2.75, 3.05) is 13.7 Å². The molecule has 0 aliphatic heterocycles. The van der Waals surface area contributed by atoms with Crippen molar-refractivity contribution in [3.63, 3.8) is 0 Å². The summed E-state index contributed by atoms with van der Waals surface area (Å²) >= 11 is 0. The Morgan fingerprint density at radius 2 is 2.00 bits per heavy atom. The minimum Gasteiger partial charge on any atom is -0.504 e. The normalized spacial score (nSPS) is 11.6. The highest BCUT2D eigenvalue weighted by atomic mass is 19.4. The Balaban J connectivity index is 3.04. The molecule has 0 saturated carbocycles. The zero-order chi connectivity index (χ0) is 15.5. The summed E-state index contributed by atoms with van der Waals surface area (Å²) in [4.78, 5) is 12.8. The fraction of sp³-hybridized carbons (Fsp3) is 0.462. The van der Waals surface area contributed by atoms with Gasteiger partial charge in [-0.2, -0.15) is 13.2 Å². The Morgan fingerprint density at radius 1 is 1.40 bits per heavy atom. The minimum atomic E-state index is -4.48. The topological polar surface area (TPSA) is 49.8 Å². The Bertz CT molecular complexity index is 486. The van der Waals surface area contributed by atoms with Gasteiger partial charge in [-0.3, -0.25) is 4.79 Å². The van der Waals surface area contributed by atoms with E-state index in [2.05, 4.69) is 0 Å². The van der Waals surface area contributed by atoms with Gasteiger partial charge in [-0.15, -0.1) is 0 Å². The average Bonchev–Trinajstić information content (AvgIpc) is 2.33. The van der Waals surface area contributed by atoms with E-state index in [1.54, 1.807) is 0 Å². The Hall–Kier alpha value is -1.92. The molecule has 0 saturated heterocycles. The highest BCUT2D eigenvalue weighted by molar-refractivity contribution is 5.95. The van der Waals surface area contributed by atoms with Gasteiger partial charge in [0.05, 0.1) is 7.11 Å². The zero-order valence-corrected chi connectivity index (χ0v) is 11.4. The predicted octanol–water partition coefficient (Wildman–Crippen LogP) is 2.81. The molecule has 7 heteroatoms. The van der Waals surface area contributed by atoms with Crippen LogP contribution in [0.25, 0.3) is 0 Å². The van der Waals surface area contributed by atoms with Crippen molar-refractivity contribution in [2.45, 2.75) is 26.1 Å². The zero-order valence-electron chi connectivity index (χ0n) is 11.4. The summed E-state index contributed by atoms with van der Waals surface area (Å²) in [6.45, 7) is 1.65. The van der Waals surface area contributed by atoms with Crippen LogP contribution < -0.4 is 4.74 Å². The molecule has 1 aromatic carbocycles. The van der Waals surface area contributed by atoms with Gasteiger partial charge in [0, 0.05) is 11.6 Å². The number of benzene rings is 1. The summed E-state index contributed by atoms with van der Waals surface area (Å²) in [5.41, 5.74) is -0.0266. The first-order valence-electron chi connectivity index (χ1n) is 5.90. The standard InChI is InChI=1S/C13H16F3NO3/c1-8(2)17(7-13(14,15)16)12(19)9-4-5-11(20-3)10(18)6-9/h4-6,8,18H,7H2,1-3H3. The molecule has 0 aliphatic carbocycles. The lowest BCUT2D eigenvalue weighted by Crippen LogP contribution is -2.43. The van der Waals surface area contributed by atoms with Crippen molar-refractivity contribution < 1.29 is 27.8 Å². The number of nitrogens with zero attached hydrogens (tertiary/aromatic N) is 1. The lowest BCUT2D eigenvalue weighted by Gasteiger charge is -2.27. The Morgan fingerprint density at radius 3 is 2.40 bits per heavy atom. The van der Waals surface area contributed by atoms with E-state index in [4.69, 9.17) is 4.74 Å². The molecule has 0 radical (unpaired) electrons. The molecule has 112 valence electrons. The number of hydrogen-bond acceptors (Lipinski definition) is 3. The van der Waals surface area contributed by atoms with Gasteiger partial charge in [0.25, 0.3) is 5.91 Å². The number of carbonyl (C=O) groups excluding carboxylic acids is 1. The molecule has 1 rings (SSSR count). The van der Waals surface area contributed by atoms with E-state index in [1.807, 2.05) is 0 Å². The van der Waals surface area contributed by atoms with Crippen LogP contribution in [0.5, 0.6) is 11.5 Å². The van der Waals surface area contributed by atoms with Crippen LogP contribution in [0.15, 0.2) is 18.2 Å². The smallest absolute Gasteiger partial charge is 0.406 e. The van der Waals surface area contributed by atoms with Gasteiger partial charge >= 0.3 is 6.18 Å². The number of carbonyl (C=O) groups is 1. The summed E-state index contributed by atoms with van der Waals surface area (Å²) in [6, 6.07) is 3.11. The minimum absolute atomic E-state index is 0.0266. The van der Waals surface area contributed by atoms with Crippen molar-refractivity contribution in [3.05, 3.63) is 23.8 Å². The number of phenols is 1. The third-order valence-corrected chi connectivity index (χ3v) is 2.66. The van der Waals surface area contributed by atoms with E-state index >= 15 is 0 Å². The Kier molecular flexibility index (Phi) is 4.86. The lowest BCUT2D eigenvalue weighted by atomic mass is 10.1. The van der Waals surface area contributed by atoms with Crippen LogP contribution in [0.3, 0.4) is 0 Å². The van der Waals surface area contributed by atoms with Crippen LogP contribution in [-0.4, -0.2) is 41.8 Å². The van der Waals surface area contributed by atoms with Gasteiger partial charge in [-0.25, -0.2) is 0 Å². The average molecular weight is 291 g/mol. The van der Waals surface area contributed by atoms with Crippen molar-refractivity contribution in [2.24, 2.45) is 0 Å². The van der Waals surface area contributed by atoms with Crippen molar-refractivity contribution >= 4 is 5.91 Å². The lowest BCUT2D eigenvalue weighted by molar-refractivity contribution is -0.143. The molecule has 1 amide bonds. The van der Waals surface area contributed by atoms with E-state index in [0.29, 0.717) is 4.90 Å². The number of hydrogen-bond donors (Lipinski definition) is 1. The highest BCUT2D eigenvalue weighted by Crippen LogP contribution is 2.27. The molecule has 0 bridgehead atoms. The van der Waals surface area contributed by atoms with E-state index in [9.17, 15) is 23.1 Å². The third kappa shape index (κ3) is 4.04. The number of ether oxygens (including phenoxy) is 1. The quantitative estimate of drug-likeness (QED) is 0.928. The van der Waals surface area contributed by atoms with Crippen molar-refractivity contribution in [1.82, 2.24) is 4.90 Å². The molecule has 0 spiro atoms. The van der Waals surface area contributed by atoms with Crippen LogP contribution in [0, 0.1) is 0 Å². The van der Waals surface area contributed by atoms with Gasteiger partial charge in [-0.1, -0.05) is 0 Å². The number of methoxy groups -OCH3 is 1. The molecule has 20 heavy (non-hydrogen) atoms. The van der Waals surface area contributed by atoms with Gasteiger partial charge in [0.15, 0.2) is 11.5 Å². The van der Waals surface area contributed by atoms with E-state index in [1.165, 1.54) is 33.1 Å². The van der Waals surface area contributed by atoms with Gasteiger partial charge in [0.2, 0.25) is 0 Å². The molecular formula is C13H16F3NO3. The molecule has 4 nitrogen and oxygen atoms in total. The van der Waals surface area contributed by atoms with E-state index < -0.39 is 24.7 Å². The SMILES string of the molecule is COc1ccc(C(=O)N(CC(F)(F)F)C(C)C)cc1O. The summed E-state index contributed by atoms with van der Waals surface area (Å²) in [7, 11) is 1.33. The second-order valence-electron chi connectivity index (χ2n) is 4.53. The van der Waals surface area contributed by atoms with Gasteiger partial charge in [-0.05, 0) is 32.0 Å². The first-order valence-corrected chi connectivity index (χ1v) is 5.90. The predicted molar refractivity (Wildman–Crippen MR) is 66.9 cm³/mol. The highest BCUT2D eigenvalue weighted by Gasteiger charge is 2.34. The number of aromatic hydroxyl groups is 1. The van der Waals surface area contributed by atoms with E-state index in [-0.39, 0.29) is 17.1 Å². The van der Waals surface area contributed by atoms with Crippen LogP contribution in [-0.2, 0) is 0 Å². The second-order valence-corrected chi connectivity index (χ2v) is 4.53. The fourth-order valence-corrected chi connectivity index (χ4v) is 1.67. The monoisotopic (exact) mass is 291 g/mol. The number of alkyl halides is 3. The molecule has 1 aromatic rings. The van der Waals surface area contributed by atoms with Crippen molar-refractivity contribution in [3.8, 4) is 11.5 Å². The third-order valence-electron chi connectivity index (χ3n) is 2.66. The van der Waals surface area contributed by atoms with Crippen LogP contribution in [0.2, 0.25) is 0 Å². The van der Waals surface area contributed by atoms with Crippen LogP contribution in [0.4, 0.5) is 13.2 Å². The molecule has 0 heterocycles.